The van der Waals surface area contributed by atoms with Crippen LogP contribution in [0.2, 0.25) is 0 Å². The van der Waals surface area contributed by atoms with E-state index in [0.717, 1.165) is 0 Å². The number of Topliss-reactive ketones (excluding diaryl/α,β-unsaturated/α-hetero) is 1. The molecule has 0 aliphatic heterocycles. The second-order valence-corrected chi connectivity index (χ2v) is 6.80. The Bertz CT molecular complexity index is 780. The van der Waals surface area contributed by atoms with E-state index in [2.05, 4.69) is 6.58 Å². The summed E-state index contributed by atoms with van der Waals surface area (Å²) < 4.78 is 70.5. The molecule has 0 spiro atoms. The lowest BCUT2D eigenvalue weighted by Crippen LogP contribution is -2.21. The number of rotatable bonds is 10. The van der Waals surface area contributed by atoms with Crippen LogP contribution in [0.4, 0.5) is 26.3 Å². The summed E-state index contributed by atoms with van der Waals surface area (Å²) in [5.74, 6) is -1.20. The Morgan fingerprint density at radius 1 is 0.824 bits per heavy atom. The van der Waals surface area contributed by atoms with Crippen molar-refractivity contribution in [3.8, 4) is 24.3 Å². The summed E-state index contributed by atoms with van der Waals surface area (Å²) in [6.07, 6.45) is -9.95. The van der Waals surface area contributed by atoms with Crippen LogP contribution in [0, 0.1) is 56.7 Å². The summed E-state index contributed by atoms with van der Waals surface area (Å²) in [6, 6.07) is 6.13. The first kappa shape index (κ1) is 35.2. The van der Waals surface area contributed by atoms with Gasteiger partial charge < -0.3 is 0 Å². The predicted molar refractivity (Wildman–Crippen MR) is 109 cm³/mol. The molecule has 0 radical (unpaired) electrons. The van der Waals surface area contributed by atoms with E-state index in [1.54, 1.807) is 19.1 Å². The highest BCUT2D eigenvalue weighted by atomic mass is 19.4. The first-order valence-electron chi connectivity index (χ1n) is 10.0. The van der Waals surface area contributed by atoms with Crippen LogP contribution < -0.4 is 0 Å². The van der Waals surface area contributed by atoms with E-state index in [1.165, 1.54) is 18.2 Å². The van der Waals surface area contributed by atoms with Crippen molar-refractivity contribution in [1.82, 2.24) is 0 Å². The van der Waals surface area contributed by atoms with Crippen LogP contribution in [-0.4, -0.2) is 23.9 Å². The van der Waals surface area contributed by atoms with Gasteiger partial charge in [-0.3, -0.25) is 9.59 Å². The Balaban J connectivity index is -0.000000482. The van der Waals surface area contributed by atoms with Gasteiger partial charge in [0.05, 0.1) is 24.3 Å². The lowest BCUT2D eigenvalue weighted by Gasteiger charge is -2.18. The Labute approximate surface area is 195 Å². The number of halogens is 6. The Kier molecular flexibility index (Phi) is 18.7. The van der Waals surface area contributed by atoms with E-state index < -0.39 is 49.4 Å². The van der Waals surface area contributed by atoms with E-state index in [1.807, 2.05) is 6.92 Å². The molecule has 0 unspecified atom stereocenters. The molecule has 0 N–H and O–H groups in total. The number of nitriles is 4. The summed E-state index contributed by atoms with van der Waals surface area (Å²) in [5, 5.41) is 33.8. The third-order valence-electron chi connectivity index (χ3n) is 4.09. The van der Waals surface area contributed by atoms with Gasteiger partial charge in [0.1, 0.15) is 17.1 Å². The van der Waals surface area contributed by atoms with Crippen molar-refractivity contribution >= 4 is 11.6 Å². The van der Waals surface area contributed by atoms with Gasteiger partial charge in [-0.25, -0.2) is 0 Å². The quantitative estimate of drug-likeness (QED) is 0.261. The van der Waals surface area contributed by atoms with E-state index >= 15 is 0 Å². The number of ketones is 2. The van der Waals surface area contributed by atoms with Crippen LogP contribution >= 0.6 is 0 Å². The molecule has 0 rings (SSSR count). The van der Waals surface area contributed by atoms with E-state index in [4.69, 9.17) is 21.0 Å². The first-order valence-corrected chi connectivity index (χ1v) is 10.0. The standard InChI is InChI=1S/C11H13F3N2O.C6H5F3N2.C5H8O/c1-2-9(17)3-4-10(7-15,8-16)5-6-11(12,13)14;7-6(8,9)2-1-5(3-10)4-11;1-3-5(6)4-2/h2-6H2,1H3;5H,1-2H2;3H,1,4H2,2H3. The second-order valence-electron chi connectivity index (χ2n) is 6.80. The predicted octanol–water partition coefficient (Wildman–Crippen LogP) is 6.27. The van der Waals surface area contributed by atoms with Crippen molar-refractivity contribution in [1.29, 1.82) is 21.0 Å². The maximum absolute atomic E-state index is 12.0. The maximum atomic E-state index is 12.0. The van der Waals surface area contributed by atoms with Gasteiger partial charge in [-0.2, -0.15) is 47.4 Å². The molecule has 0 fully saturated rings. The molecule has 6 nitrogen and oxygen atoms in total. The number of alkyl halides is 6. The van der Waals surface area contributed by atoms with Gasteiger partial charge in [0.15, 0.2) is 5.78 Å². The summed E-state index contributed by atoms with van der Waals surface area (Å²) in [5.41, 5.74) is -1.71. The van der Waals surface area contributed by atoms with E-state index in [9.17, 15) is 35.9 Å². The zero-order valence-electron chi connectivity index (χ0n) is 18.9. The maximum Gasteiger partial charge on any atom is 0.389 e. The molecule has 0 bridgehead atoms. The third-order valence-corrected chi connectivity index (χ3v) is 4.09. The molecule has 0 aromatic carbocycles. The molecule has 188 valence electrons. The highest BCUT2D eigenvalue weighted by Gasteiger charge is 2.37. The van der Waals surface area contributed by atoms with Crippen LogP contribution in [0.1, 0.15) is 65.2 Å². The van der Waals surface area contributed by atoms with Crippen molar-refractivity contribution < 1.29 is 35.9 Å². The van der Waals surface area contributed by atoms with Crippen molar-refractivity contribution in [3.63, 3.8) is 0 Å². The highest BCUT2D eigenvalue weighted by molar-refractivity contribution is 5.88. The normalized spacial score (nSPS) is 10.6. The number of hydrogen-bond donors (Lipinski definition) is 0. The lowest BCUT2D eigenvalue weighted by molar-refractivity contribution is -0.138. The fraction of sp³-hybridized carbons (Fsp3) is 0.636. The van der Waals surface area contributed by atoms with Crippen molar-refractivity contribution in [2.75, 3.05) is 0 Å². The molecular weight excluding hydrogens is 466 g/mol. The van der Waals surface area contributed by atoms with Crippen molar-refractivity contribution in [3.05, 3.63) is 12.7 Å². The molecule has 0 saturated heterocycles. The van der Waals surface area contributed by atoms with Gasteiger partial charge in [0.25, 0.3) is 0 Å². The van der Waals surface area contributed by atoms with Gasteiger partial charge in [-0.05, 0) is 25.3 Å². The van der Waals surface area contributed by atoms with Gasteiger partial charge in [-0.15, -0.1) is 0 Å². The van der Waals surface area contributed by atoms with E-state index in [-0.39, 0.29) is 30.8 Å². The zero-order valence-corrected chi connectivity index (χ0v) is 18.9. The van der Waals surface area contributed by atoms with Crippen molar-refractivity contribution in [2.45, 2.75) is 77.6 Å². The minimum Gasteiger partial charge on any atom is -0.300 e. The molecule has 0 atom stereocenters. The number of carbonyl (C=O) groups excluding carboxylic acids is 2. The molecule has 0 aliphatic carbocycles. The SMILES string of the molecule is C=CC(=O)CC.CCC(=O)CCC(C#N)(C#N)CCC(F)(F)F.N#CC(C#N)CCC(F)(F)F. The van der Waals surface area contributed by atoms with Crippen LogP contribution in [0.3, 0.4) is 0 Å². The van der Waals surface area contributed by atoms with Gasteiger partial charge in [0, 0.05) is 32.1 Å². The molecule has 0 saturated carbocycles. The second kappa shape index (κ2) is 18.1. The summed E-state index contributed by atoms with van der Waals surface area (Å²) >= 11 is 0. The number of hydrogen-bond acceptors (Lipinski definition) is 6. The van der Waals surface area contributed by atoms with Gasteiger partial charge in [-0.1, -0.05) is 20.4 Å². The largest absolute Gasteiger partial charge is 0.389 e. The van der Waals surface area contributed by atoms with Crippen LogP contribution in [-0.2, 0) is 9.59 Å². The molecule has 0 amide bonds. The topological polar surface area (TPSA) is 129 Å². The van der Waals surface area contributed by atoms with E-state index in [0.29, 0.717) is 6.42 Å². The van der Waals surface area contributed by atoms with Gasteiger partial charge in [0.2, 0.25) is 0 Å². The fourth-order valence-corrected chi connectivity index (χ4v) is 1.87. The molecule has 0 aromatic heterocycles. The minimum atomic E-state index is -4.40. The molecule has 12 heteroatoms. The highest BCUT2D eigenvalue weighted by Crippen LogP contribution is 2.33. The third kappa shape index (κ3) is 21.8. The fourth-order valence-electron chi connectivity index (χ4n) is 1.87. The molecule has 0 aromatic rings. The molecule has 34 heavy (non-hydrogen) atoms. The van der Waals surface area contributed by atoms with Crippen LogP contribution in [0.5, 0.6) is 0 Å². The summed E-state index contributed by atoms with van der Waals surface area (Å²) in [6.45, 7) is 6.71. The lowest BCUT2D eigenvalue weighted by atomic mass is 9.81. The summed E-state index contributed by atoms with van der Waals surface area (Å²) in [7, 11) is 0. The molecule has 0 heterocycles. The zero-order chi connectivity index (χ0) is 27.4. The Hall–Kier alpha value is -3.38. The average molecular weight is 492 g/mol. The van der Waals surface area contributed by atoms with Crippen molar-refractivity contribution in [2.24, 2.45) is 11.3 Å². The van der Waals surface area contributed by atoms with Crippen LogP contribution in [0.25, 0.3) is 0 Å². The minimum absolute atomic E-state index is 0.0323. The average Bonchev–Trinajstić information content (AvgIpc) is 2.79. The number of carbonyl (C=O) groups is 2. The number of nitrogens with zero attached hydrogens (tertiary/aromatic N) is 4. The Morgan fingerprint density at radius 2 is 1.29 bits per heavy atom. The summed E-state index contributed by atoms with van der Waals surface area (Å²) in [4.78, 5) is 21.1. The Morgan fingerprint density at radius 3 is 1.56 bits per heavy atom. The molecule has 0 aliphatic rings. The first-order chi connectivity index (χ1) is 15.6. The number of allylic oxidation sites excluding steroid dienone is 1. The van der Waals surface area contributed by atoms with Gasteiger partial charge >= 0.3 is 12.4 Å². The molecular formula is C22H26F6N4O2. The van der Waals surface area contributed by atoms with Crippen LogP contribution in [0.15, 0.2) is 12.7 Å². The monoisotopic (exact) mass is 492 g/mol. The smallest absolute Gasteiger partial charge is 0.300 e.